The van der Waals surface area contributed by atoms with Crippen LogP contribution >= 0.6 is 0 Å². The second kappa shape index (κ2) is 6.53. The van der Waals surface area contributed by atoms with Crippen molar-refractivity contribution in [3.8, 4) is 0 Å². The first-order valence-corrected chi connectivity index (χ1v) is 10.7. The summed E-state index contributed by atoms with van der Waals surface area (Å²) < 4.78 is 6.07. The Morgan fingerprint density at radius 3 is 2.46 bits per heavy atom. The number of hydrogen-bond acceptors (Lipinski definition) is 5. The minimum absolute atomic E-state index is 0.00815. The summed E-state index contributed by atoms with van der Waals surface area (Å²) in [6.07, 6.45) is 9.46. The van der Waals surface area contributed by atoms with E-state index in [9.17, 15) is 9.59 Å². The summed E-state index contributed by atoms with van der Waals surface area (Å²) in [5.41, 5.74) is 0.921. The number of carbonyl (C=O) groups is 2. The molecule has 0 radical (unpaired) electrons. The second-order valence-corrected chi connectivity index (χ2v) is 9.71. The first-order chi connectivity index (χ1) is 13.4. The number of Topliss-reactive ketones (excluding diaryl/α,β-unsaturated/α-hetero) is 1. The Morgan fingerprint density at radius 2 is 1.82 bits per heavy atom. The third kappa shape index (κ3) is 2.92. The first kappa shape index (κ1) is 18.1. The summed E-state index contributed by atoms with van der Waals surface area (Å²) >= 11 is 0. The van der Waals surface area contributed by atoms with E-state index in [2.05, 4.69) is 9.97 Å². The molecule has 4 bridgehead atoms. The van der Waals surface area contributed by atoms with E-state index in [-0.39, 0.29) is 23.5 Å². The number of aryl methyl sites for hydroxylation is 1. The van der Waals surface area contributed by atoms with Gasteiger partial charge in [0.15, 0.2) is 0 Å². The molecule has 4 aliphatic carbocycles. The molecule has 5 fully saturated rings. The highest BCUT2D eigenvalue weighted by Gasteiger charge is 2.58. The monoisotopic (exact) mass is 383 g/mol. The van der Waals surface area contributed by atoms with E-state index in [0.717, 1.165) is 49.9 Å². The summed E-state index contributed by atoms with van der Waals surface area (Å²) in [5.74, 6) is 2.71. The zero-order valence-corrected chi connectivity index (χ0v) is 16.8. The molecule has 2 heterocycles. The molecule has 1 amide bonds. The fraction of sp³-hybridized carbons (Fsp3) is 0.727. The average molecular weight is 383 g/mol. The van der Waals surface area contributed by atoms with Crippen LogP contribution < -0.4 is 0 Å². The summed E-state index contributed by atoms with van der Waals surface area (Å²) in [6.45, 7) is 5.06. The van der Waals surface area contributed by atoms with Crippen LogP contribution in [-0.2, 0) is 9.53 Å². The van der Waals surface area contributed by atoms with Gasteiger partial charge in [0.25, 0.3) is 0 Å². The van der Waals surface area contributed by atoms with Crippen LogP contribution in [0.3, 0.4) is 0 Å². The molecule has 0 aromatic carbocycles. The highest BCUT2D eigenvalue weighted by molar-refractivity contribution is 5.83. The molecule has 0 N–H and O–H groups in total. The van der Waals surface area contributed by atoms with Crippen LogP contribution in [0.25, 0.3) is 0 Å². The van der Waals surface area contributed by atoms with E-state index >= 15 is 0 Å². The maximum atomic E-state index is 12.9. The first-order valence-electron chi connectivity index (χ1n) is 10.7. The van der Waals surface area contributed by atoms with E-state index in [4.69, 9.17) is 4.74 Å². The lowest BCUT2D eigenvalue weighted by Crippen LogP contribution is -2.57. The van der Waals surface area contributed by atoms with Gasteiger partial charge in [-0.2, -0.15) is 0 Å². The van der Waals surface area contributed by atoms with Crippen LogP contribution in [0.4, 0.5) is 4.79 Å². The number of hydrogen-bond donors (Lipinski definition) is 0. The molecular weight excluding hydrogens is 354 g/mol. The van der Waals surface area contributed by atoms with E-state index in [1.165, 1.54) is 0 Å². The number of nitrogens with zero attached hydrogens (tertiary/aromatic N) is 3. The maximum Gasteiger partial charge on any atom is 0.410 e. The van der Waals surface area contributed by atoms with Crippen LogP contribution in [0.15, 0.2) is 12.4 Å². The molecule has 0 spiro atoms. The zero-order valence-electron chi connectivity index (χ0n) is 16.8. The largest absolute Gasteiger partial charge is 0.446 e. The van der Waals surface area contributed by atoms with Crippen LogP contribution in [0.5, 0.6) is 0 Å². The fourth-order valence-electron chi connectivity index (χ4n) is 6.54. The predicted molar refractivity (Wildman–Crippen MR) is 103 cm³/mol. The molecule has 5 aliphatic rings. The second-order valence-electron chi connectivity index (χ2n) is 9.71. The lowest BCUT2D eigenvalue weighted by Gasteiger charge is -2.58. The van der Waals surface area contributed by atoms with Gasteiger partial charge < -0.3 is 9.64 Å². The van der Waals surface area contributed by atoms with E-state index in [1.807, 2.05) is 24.2 Å². The maximum absolute atomic E-state index is 12.9. The molecule has 1 saturated heterocycles. The molecule has 1 aromatic rings. The van der Waals surface area contributed by atoms with Crippen molar-refractivity contribution in [2.75, 3.05) is 13.1 Å². The molecular formula is C22H29N3O3. The smallest absolute Gasteiger partial charge is 0.410 e. The van der Waals surface area contributed by atoms with E-state index < -0.39 is 0 Å². The van der Waals surface area contributed by atoms with Gasteiger partial charge in [0.05, 0.1) is 0 Å². The summed E-state index contributed by atoms with van der Waals surface area (Å²) in [6, 6.07) is 0. The SMILES string of the molecule is CC(=O)C12CC3CC(C1)C(OC(=O)N1CCC(c4ncc(C)cn4)C1)C(C3)C2. The molecule has 1 aliphatic heterocycles. The van der Waals surface area contributed by atoms with Crippen molar-refractivity contribution in [1.29, 1.82) is 0 Å². The van der Waals surface area contributed by atoms with E-state index in [1.54, 1.807) is 6.92 Å². The van der Waals surface area contributed by atoms with Crippen molar-refractivity contribution in [1.82, 2.24) is 14.9 Å². The molecule has 6 rings (SSSR count). The van der Waals surface area contributed by atoms with Gasteiger partial charge in [-0.25, -0.2) is 14.8 Å². The predicted octanol–water partition coefficient (Wildman–Crippen LogP) is 3.49. The van der Waals surface area contributed by atoms with Crippen molar-refractivity contribution in [2.24, 2.45) is 23.2 Å². The van der Waals surface area contributed by atoms with Gasteiger partial charge in [-0.1, -0.05) is 0 Å². The normalized spacial score (nSPS) is 38.6. The Hall–Kier alpha value is -1.98. The third-order valence-electron chi connectivity index (χ3n) is 7.78. The van der Waals surface area contributed by atoms with Crippen molar-refractivity contribution in [3.63, 3.8) is 0 Å². The van der Waals surface area contributed by atoms with Gasteiger partial charge in [0.1, 0.15) is 17.7 Å². The quantitative estimate of drug-likeness (QED) is 0.799. The van der Waals surface area contributed by atoms with Gasteiger partial charge in [0.2, 0.25) is 0 Å². The molecule has 6 nitrogen and oxygen atoms in total. The summed E-state index contributed by atoms with van der Waals surface area (Å²) in [4.78, 5) is 35.9. The molecule has 3 atom stereocenters. The summed E-state index contributed by atoms with van der Waals surface area (Å²) in [7, 11) is 0. The Balaban J connectivity index is 1.23. The van der Waals surface area contributed by atoms with Gasteiger partial charge in [-0.05, 0) is 75.7 Å². The van der Waals surface area contributed by atoms with Crippen LogP contribution in [-0.4, -0.2) is 45.9 Å². The van der Waals surface area contributed by atoms with Gasteiger partial charge >= 0.3 is 6.09 Å². The minimum Gasteiger partial charge on any atom is -0.446 e. The van der Waals surface area contributed by atoms with Crippen molar-refractivity contribution >= 4 is 11.9 Å². The Labute approximate surface area is 166 Å². The number of ether oxygens (including phenoxy) is 1. The minimum atomic E-state index is -0.191. The third-order valence-corrected chi connectivity index (χ3v) is 7.78. The van der Waals surface area contributed by atoms with Gasteiger partial charge in [-0.15, -0.1) is 0 Å². The van der Waals surface area contributed by atoms with Gasteiger partial charge in [-0.3, -0.25) is 4.79 Å². The zero-order chi connectivity index (χ0) is 19.5. The molecule has 3 unspecified atom stereocenters. The van der Waals surface area contributed by atoms with E-state index in [0.29, 0.717) is 36.6 Å². The lowest BCUT2D eigenvalue weighted by atomic mass is 9.47. The highest BCUT2D eigenvalue weighted by atomic mass is 16.6. The van der Waals surface area contributed by atoms with Crippen LogP contribution in [0.2, 0.25) is 0 Å². The van der Waals surface area contributed by atoms with Crippen molar-refractivity contribution < 1.29 is 14.3 Å². The molecule has 28 heavy (non-hydrogen) atoms. The Morgan fingerprint density at radius 1 is 1.14 bits per heavy atom. The highest BCUT2D eigenvalue weighted by Crippen LogP contribution is 2.61. The topological polar surface area (TPSA) is 72.4 Å². The molecule has 6 heteroatoms. The number of ketones is 1. The van der Waals surface area contributed by atoms with Gasteiger partial charge in [0, 0.05) is 36.8 Å². The number of amides is 1. The number of rotatable bonds is 3. The van der Waals surface area contributed by atoms with Crippen LogP contribution in [0, 0.1) is 30.1 Å². The average Bonchev–Trinajstić information content (AvgIpc) is 3.15. The fourth-order valence-corrected chi connectivity index (χ4v) is 6.54. The number of likely N-dealkylation sites (tertiary alicyclic amines) is 1. The molecule has 4 saturated carbocycles. The van der Waals surface area contributed by atoms with Crippen molar-refractivity contribution in [2.45, 2.75) is 64.4 Å². The standard InChI is InChI=1S/C22H29N3O3/c1-13-10-23-20(24-11-13)16-3-4-25(12-16)21(27)28-19-17-5-15-6-18(19)9-22(7-15,8-17)14(2)26/h10-11,15-19H,3-9,12H2,1-2H3. The Kier molecular flexibility index (Phi) is 4.21. The molecule has 1 aromatic heterocycles. The molecule has 150 valence electrons. The number of aromatic nitrogens is 2. The number of carbonyl (C=O) groups excluding carboxylic acids is 2. The van der Waals surface area contributed by atoms with Crippen molar-refractivity contribution in [3.05, 3.63) is 23.8 Å². The Bertz CT molecular complexity index is 777. The van der Waals surface area contributed by atoms with Crippen LogP contribution in [0.1, 0.15) is 62.8 Å². The summed E-state index contributed by atoms with van der Waals surface area (Å²) in [5, 5.41) is 0. The lowest BCUT2D eigenvalue weighted by molar-refractivity contribution is -0.160.